The van der Waals surface area contributed by atoms with Crippen LogP contribution >= 0.6 is 38.9 Å². The molecule has 0 unspecified atom stereocenters. The topological polar surface area (TPSA) is 52.9 Å². The van der Waals surface area contributed by atoms with Crippen LogP contribution in [-0.2, 0) is 4.79 Å². The van der Waals surface area contributed by atoms with Crippen LogP contribution in [0.2, 0.25) is 4.34 Å². The number of amides is 1. The minimum atomic E-state index is -0.455. The second kappa shape index (κ2) is 6.71. The first-order chi connectivity index (χ1) is 9.60. The number of para-hydroxylation sites is 1. The van der Waals surface area contributed by atoms with Crippen molar-refractivity contribution in [1.29, 1.82) is 5.26 Å². The molecule has 0 saturated carbocycles. The molecular weight excluding hydrogens is 360 g/mol. The zero-order valence-corrected chi connectivity index (χ0v) is 13.2. The van der Waals surface area contributed by atoms with E-state index in [-0.39, 0.29) is 5.57 Å². The Morgan fingerprint density at radius 2 is 2.10 bits per heavy atom. The molecule has 0 aliphatic carbocycles. The molecule has 6 heteroatoms. The number of nitrogens with one attached hydrogen (secondary N) is 1. The first-order valence-corrected chi connectivity index (χ1v) is 7.52. The first kappa shape index (κ1) is 14.8. The van der Waals surface area contributed by atoms with Crippen LogP contribution in [0.1, 0.15) is 4.88 Å². The third-order valence-corrected chi connectivity index (χ3v) is 4.24. The van der Waals surface area contributed by atoms with Crippen molar-refractivity contribution in [3.8, 4) is 6.07 Å². The quantitative estimate of drug-likeness (QED) is 0.631. The molecule has 0 atom stereocenters. The van der Waals surface area contributed by atoms with E-state index in [1.165, 1.54) is 17.4 Å². The fraction of sp³-hybridized carbons (Fsp3) is 0. The van der Waals surface area contributed by atoms with Crippen molar-refractivity contribution in [2.24, 2.45) is 0 Å². The number of hydrogen-bond acceptors (Lipinski definition) is 3. The highest BCUT2D eigenvalue weighted by Gasteiger charge is 2.11. The number of nitrogens with zero attached hydrogens (tertiary/aromatic N) is 1. The lowest BCUT2D eigenvalue weighted by atomic mass is 10.2. The summed E-state index contributed by atoms with van der Waals surface area (Å²) in [4.78, 5) is 12.8. The molecule has 20 heavy (non-hydrogen) atoms. The van der Waals surface area contributed by atoms with E-state index in [1.54, 1.807) is 24.3 Å². The van der Waals surface area contributed by atoms with Crippen molar-refractivity contribution >= 4 is 56.5 Å². The number of thiophene rings is 1. The Kier molecular flexibility index (Phi) is 4.96. The molecule has 1 heterocycles. The van der Waals surface area contributed by atoms with E-state index < -0.39 is 5.91 Å². The average molecular weight is 368 g/mol. The molecular formula is C14H8BrClN2OS. The van der Waals surface area contributed by atoms with Crippen molar-refractivity contribution in [3.05, 3.63) is 55.7 Å². The van der Waals surface area contributed by atoms with Gasteiger partial charge in [-0.25, -0.2) is 0 Å². The molecule has 0 aliphatic rings. The molecule has 100 valence electrons. The maximum Gasteiger partial charge on any atom is 0.266 e. The Bertz CT molecular complexity index is 718. The van der Waals surface area contributed by atoms with Gasteiger partial charge in [-0.1, -0.05) is 23.7 Å². The van der Waals surface area contributed by atoms with Gasteiger partial charge in [0, 0.05) is 9.35 Å². The number of hydrogen-bond donors (Lipinski definition) is 1. The van der Waals surface area contributed by atoms with Gasteiger partial charge in [-0.05, 0) is 46.3 Å². The fourth-order valence-electron chi connectivity index (χ4n) is 1.45. The first-order valence-electron chi connectivity index (χ1n) is 5.53. The van der Waals surface area contributed by atoms with Crippen LogP contribution in [0.4, 0.5) is 5.69 Å². The number of halogens is 2. The number of nitriles is 1. The van der Waals surface area contributed by atoms with E-state index in [2.05, 4.69) is 21.2 Å². The number of rotatable bonds is 3. The van der Waals surface area contributed by atoms with Gasteiger partial charge in [0.1, 0.15) is 11.6 Å². The molecule has 2 rings (SSSR count). The van der Waals surface area contributed by atoms with Crippen LogP contribution in [0.15, 0.2) is 46.4 Å². The highest BCUT2D eigenvalue weighted by atomic mass is 79.9. The maximum atomic E-state index is 12.1. The summed E-state index contributed by atoms with van der Waals surface area (Å²) >= 11 is 10.5. The molecule has 0 aliphatic heterocycles. The molecule has 0 saturated heterocycles. The van der Waals surface area contributed by atoms with Crippen LogP contribution in [0.25, 0.3) is 6.08 Å². The second-order valence-electron chi connectivity index (χ2n) is 3.75. The largest absolute Gasteiger partial charge is 0.320 e. The van der Waals surface area contributed by atoms with Crippen molar-refractivity contribution < 1.29 is 4.79 Å². The van der Waals surface area contributed by atoms with Crippen LogP contribution in [0.3, 0.4) is 0 Å². The predicted octanol–water partition coefficient (Wildman–Crippen LogP) is 4.71. The Labute approximate surface area is 133 Å². The van der Waals surface area contributed by atoms with E-state index in [0.29, 0.717) is 10.0 Å². The van der Waals surface area contributed by atoms with E-state index in [9.17, 15) is 4.79 Å². The lowest BCUT2D eigenvalue weighted by Crippen LogP contribution is -2.13. The summed E-state index contributed by atoms with van der Waals surface area (Å²) in [7, 11) is 0. The monoisotopic (exact) mass is 366 g/mol. The van der Waals surface area contributed by atoms with Gasteiger partial charge in [0.15, 0.2) is 0 Å². The van der Waals surface area contributed by atoms with Gasteiger partial charge >= 0.3 is 0 Å². The van der Waals surface area contributed by atoms with E-state index in [1.807, 2.05) is 18.2 Å². The minimum absolute atomic E-state index is 0.0271. The Balaban J connectivity index is 2.21. The summed E-state index contributed by atoms with van der Waals surface area (Å²) < 4.78 is 1.37. The van der Waals surface area contributed by atoms with Crippen LogP contribution in [-0.4, -0.2) is 5.91 Å². The maximum absolute atomic E-state index is 12.1. The Hall–Kier alpha value is -1.61. The molecule has 1 aromatic heterocycles. The van der Waals surface area contributed by atoms with Gasteiger partial charge in [-0.3, -0.25) is 4.79 Å². The smallest absolute Gasteiger partial charge is 0.266 e. The molecule has 0 bridgehead atoms. The zero-order valence-electron chi connectivity index (χ0n) is 10.1. The van der Waals surface area contributed by atoms with E-state index >= 15 is 0 Å². The minimum Gasteiger partial charge on any atom is -0.320 e. The SMILES string of the molecule is N#CC(=Cc1ccc(Cl)s1)C(=O)Nc1ccccc1Br. The summed E-state index contributed by atoms with van der Waals surface area (Å²) in [5, 5.41) is 11.8. The van der Waals surface area contributed by atoms with Crippen LogP contribution < -0.4 is 5.32 Å². The van der Waals surface area contributed by atoms with Crippen molar-refractivity contribution in [2.45, 2.75) is 0 Å². The Morgan fingerprint density at radius 3 is 2.70 bits per heavy atom. The van der Waals surface area contributed by atoms with E-state index in [0.717, 1.165) is 9.35 Å². The molecule has 0 radical (unpaired) electrons. The summed E-state index contributed by atoms with van der Waals surface area (Å²) in [5.74, 6) is -0.455. The Morgan fingerprint density at radius 1 is 1.35 bits per heavy atom. The molecule has 0 spiro atoms. The molecule has 1 amide bonds. The highest BCUT2D eigenvalue weighted by Crippen LogP contribution is 2.25. The van der Waals surface area contributed by atoms with Gasteiger partial charge < -0.3 is 5.32 Å². The third kappa shape index (κ3) is 3.70. The molecule has 1 N–H and O–H groups in total. The standard InChI is InChI=1S/C14H8BrClN2OS/c15-11-3-1-2-4-12(11)18-14(19)9(8-17)7-10-5-6-13(16)20-10/h1-7H,(H,18,19). The van der Waals surface area contributed by atoms with Crippen molar-refractivity contribution in [1.82, 2.24) is 0 Å². The molecule has 2 aromatic rings. The van der Waals surface area contributed by atoms with Crippen LogP contribution in [0, 0.1) is 11.3 Å². The van der Waals surface area contributed by atoms with Gasteiger partial charge in [0.05, 0.1) is 10.0 Å². The van der Waals surface area contributed by atoms with Gasteiger partial charge in [-0.2, -0.15) is 5.26 Å². The van der Waals surface area contributed by atoms with E-state index in [4.69, 9.17) is 16.9 Å². The van der Waals surface area contributed by atoms with Crippen molar-refractivity contribution in [2.75, 3.05) is 5.32 Å². The summed E-state index contributed by atoms with van der Waals surface area (Å²) in [6.45, 7) is 0. The number of benzene rings is 1. The van der Waals surface area contributed by atoms with Gasteiger partial charge in [-0.15, -0.1) is 11.3 Å². The summed E-state index contributed by atoms with van der Waals surface area (Å²) in [5.41, 5.74) is 0.641. The number of carbonyl (C=O) groups is 1. The summed E-state index contributed by atoms with van der Waals surface area (Å²) in [6.07, 6.45) is 1.52. The van der Waals surface area contributed by atoms with Crippen molar-refractivity contribution in [3.63, 3.8) is 0 Å². The lowest BCUT2D eigenvalue weighted by Gasteiger charge is -2.05. The predicted molar refractivity (Wildman–Crippen MR) is 85.7 cm³/mol. The van der Waals surface area contributed by atoms with Gasteiger partial charge in [0.25, 0.3) is 5.91 Å². The second-order valence-corrected chi connectivity index (χ2v) is 6.35. The third-order valence-electron chi connectivity index (χ3n) is 2.37. The zero-order chi connectivity index (χ0) is 14.5. The summed E-state index contributed by atoms with van der Waals surface area (Å²) in [6, 6.07) is 12.6. The normalized spacial score (nSPS) is 10.9. The van der Waals surface area contributed by atoms with Crippen LogP contribution in [0.5, 0.6) is 0 Å². The molecule has 0 fully saturated rings. The lowest BCUT2D eigenvalue weighted by molar-refractivity contribution is -0.112. The number of carbonyl (C=O) groups excluding carboxylic acids is 1. The fourth-order valence-corrected chi connectivity index (χ4v) is 2.84. The highest BCUT2D eigenvalue weighted by molar-refractivity contribution is 9.10. The average Bonchev–Trinajstić information content (AvgIpc) is 2.84. The molecule has 3 nitrogen and oxygen atoms in total. The van der Waals surface area contributed by atoms with Gasteiger partial charge in [0.2, 0.25) is 0 Å². The number of anilines is 1. The molecule has 1 aromatic carbocycles.